The molecule has 4 atom stereocenters. The zero-order valence-electron chi connectivity index (χ0n) is 30.9. The van der Waals surface area contributed by atoms with Crippen LogP contribution in [0, 0.1) is 0 Å². The van der Waals surface area contributed by atoms with Crippen LogP contribution >= 0.6 is 0 Å². The number of hydrogen-bond donors (Lipinski definition) is 0. The van der Waals surface area contributed by atoms with E-state index >= 15 is 0 Å². The van der Waals surface area contributed by atoms with Gasteiger partial charge in [-0.3, -0.25) is 4.79 Å². The first kappa shape index (κ1) is 36.1. The second kappa shape index (κ2) is 16.7. The highest BCUT2D eigenvalue weighted by atomic mass is 16.5. The standard InChI is InChI=1S/C51H42O5/c52-41(37-50(35-15-13-25-48(50)39-17-5-1-6-18-39)55-46-31-27-44(28-32-46)53-42-21-9-3-10-22-42)38-51(36-16-14-26-49(51)40-19-7-2-8-20-40)56-47-33-29-45(30-34-47)54-43-23-11-4-12-24-43/h1-36,48-49H,37-38H2. The van der Waals surface area contributed by atoms with Gasteiger partial charge in [0, 0.05) is 11.8 Å². The van der Waals surface area contributed by atoms with Gasteiger partial charge in [-0.05, 0) is 96.1 Å². The Kier molecular flexibility index (Phi) is 10.8. The van der Waals surface area contributed by atoms with E-state index in [1.807, 2.05) is 182 Å². The Morgan fingerprint density at radius 1 is 0.393 bits per heavy atom. The Labute approximate surface area is 328 Å². The summed E-state index contributed by atoms with van der Waals surface area (Å²) < 4.78 is 26.1. The smallest absolute Gasteiger partial charge is 0.144 e. The zero-order valence-corrected chi connectivity index (χ0v) is 30.9. The van der Waals surface area contributed by atoms with Crippen LogP contribution < -0.4 is 18.9 Å². The summed E-state index contributed by atoms with van der Waals surface area (Å²) in [5.74, 6) is 3.67. The number of ketones is 1. The lowest BCUT2D eigenvalue weighted by molar-refractivity contribution is -0.125. The van der Waals surface area contributed by atoms with Gasteiger partial charge in [0.25, 0.3) is 0 Å². The normalized spacial score (nSPS) is 20.9. The molecular formula is C51H42O5. The van der Waals surface area contributed by atoms with Gasteiger partial charge in [-0.2, -0.15) is 0 Å². The number of Topliss-reactive ketones (excluding diaryl/α,β-unsaturated/α-hetero) is 1. The molecule has 4 unspecified atom stereocenters. The fraction of sp³-hybridized carbons (Fsp3) is 0.118. The second-order valence-corrected chi connectivity index (χ2v) is 14.0. The van der Waals surface area contributed by atoms with Crippen LogP contribution in [0.3, 0.4) is 0 Å². The van der Waals surface area contributed by atoms with Crippen molar-refractivity contribution in [2.24, 2.45) is 0 Å². The van der Waals surface area contributed by atoms with Crippen molar-refractivity contribution in [2.45, 2.75) is 35.9 Å². The molecule has 0 saturated carbocycles. The third-order valence-corrected chi connectivity index (χ3v) is 10.1. The minimum atomic E-state index is -1.02. The highest BCUT2D eigenvalue weighted by Gasteiger charge is 2.46. The number of allylic oxidation sites excluding steroid dienone is 4. The summed E-state index contributed by atoms with van der Waals surface area (Å²) in [5.41, 5.74) is 0.0549. The average Bonchev–Trinajstić information content (AvgIpc) is 3.24. The first-order valence-electron chi connectivity index (χ1n) is 18.9. The summed E-state index contributed by atoms with van der Waals surface area (Å²) >= 11 is 0. The number of benzene rings is 6. The lowest BCUT2D eigenvalue weighted by Gasteiger charge is -2.42. The third kappa shape index (κ3) is 8.43. The quantitative estimate of drug-likeness (QED) is 0.112. The molecule has 0 aliphatic heterocycles. The van der Waals surface area contributed by atoms with Gasteiger partial charge in [0.05, 0.1) is 12.8 Å². The largest absolute Gasteiger partial charge is 0.482 e. The molecule has 5 nitrogen and oxygen atoms in total. The van der Waals surface area contributed by atoms with Crippen molar-refractivity contribution in [1.82, 2.24) is 0 Å². The molecule has 5 heteroatoms. The van der Waals surface area contributed by atoms with E-state index in [0.29, 0.717) is 23.0 Å². The molecule has 0 bridgehead atoms. The van der Waals surface area contributed by atoms with Crippen LogP contribution in [0.4, 0.5) is 0 Å². The maximum Gasteiger partial charge on any atom is 0.144 e. The minimum absolute atomic E-state index is 0.000163. The molecule has 8 rings (SSSR count). The molecule has 0 spiro atoms. The van der Waals surface area contributed by atoms with Crippen LogP contribution in [0.5, 0.6) is 34.5 Å². The van der Waals surface area contributed by atoms with Crippen LogP contribution in [0.2, 0.25) is 0 Å². The number of carbonyl (C=O) groups excluding carboxylic acids is 1. The molecule has 56 heavy (non-hydrogen) atoms. The van der Waals surface area contributed by atoms with Gasteiger partial charge < -0.3 is 18.9 Å². The summed E-state index contributed by atoms with van der Waals surface area (Å²) in [6.07, 6.45) is 16.5. The number of para-hydroxylation sites is 2. The van der Waals surface area contributed by atoms with Crippen molar-refractivity contribution in [1.29, 1.82) is 0 Å². The van der Waals surface area contributed by atoms with E-state index in [2.05, 4.69) is 36.4 Å². The molecule has 0 fully saturated rings. The van der Waals surface area contributed by atoms with Gasteiger partial charge >= 0.3 is 0 Å². The van der Waals surface area contributed by atoms with Crippen molar-refractivity contribution in [3.63, 3.8) is 0 Å². The van der Waals surface area contributed by atoms with E-state index in [1.54, 1.807) is 0 Å². The number of rotatable bonds is 14. The maximum absolute atomic E-state index is 14.9. The molecule has 276 valence electrons. The molecule has 2 aliphatic carbocycles. The van der Waals surface area contributed by atoms with Crippen molar-refractivity contribution in [2.75, 3.05) is 0 Å². The summed E-state index contributed by atoms with van der Waals surface area (Å²) in [5, 5.41) is 0. The van der Waals surface area contributed by atoms with Gasteiger partial charge in [0.15, 0.2) is 0 Å². The van der Waals surface area contributed by atoms with E-state index in [1.165, 1.54) is 0 Å². The van der Waals surface area contributed by atoms with E-state index in [-0.39, 0.29) is 30.5 Å². The second-order valence-electron chi connectivity index (χ2n) is 14.0. The van der Waals surface area contributed by atoms with Crippen molar-refractivity contribution >= 4 is 5.78 Å². The molecule has 0 heterocycles. The summed E-state index contributed by atoms with van der Waals surface area (Å²) in [7, 11) is 0. The molecule has 2 aliphatic rings. The van der Waals surface area contributed by atoms with Crippen LogP contribution in [0.15, 0.2) is 218 Å². The van der Waals surface area contributed by atoms with Crippen molar-refractivity contribution < 1.29 is 23.7 Å². The Morgan fingerprint density at radius 2 is 0.714 bits per heavy atom. The fourth-order valence-corrected chi connectivity index (χ4v) is 7.55. The van der Waals surface area contributed by atoms with Gasteiger partial charge in [-0.1, -0.05) is 134 Å². The maximum atomic E-state index is 14.9. The molecule has 6 aromatic carbocycles. The van der Waals surface area contributed by atoms with Gasteiger partial charge in [-0.25, -0.2) is 0 Å². The Morgan fingerprint density at radius 3 is 1.09 bits per heavy atom. The molecule has 0 radical (unpaired) electrons. The van der Waals surface area contributed by atoms with Gasteiger partial charge in [0.2, 0.25) is 0 Å². The fourth-order valence-electron chi connectivity index (χ4n) is 7.55. The molecule has 6 aromatic rings. The Bertz CT molecular complexity index is 2150. The summed E-state index contributed by atoms with van der Waals surface area (Å²) in [4.78, 5) is 14.9. The highest BCUT2D eigenvalue weighted by Crippen LogP contribution is 2.45. The lowest BCUT2D eigenvalue weighted by atomic mass is 9.72. The molecule has 0 saturated heterocycles. The molecule has 0 aromatic heterocycles. The first-order valence-corrected chi connectivity index (χ1v) is 18.9. The van der Waals surface area contributed by atoms with E-state index in [9.17, 15) is 4.79 Å². The van der Waals surface area contributed by atoms with E-state index < -0.39 is 11.2 Å². The van der Waals surface area contributed by atoms with Crippen LogP contribution in [-0.4, -0.2) is 17.0 Å². The van der Waals surface area contributed by atoms with Gasteiger partial charge in [0.1, 0.15) is 51.5 Å². The van der Waals surface area contributed by atoms with Crippen molar-refractivity contribution in [3.8, 4) is 34.5 Å². The third-order valence-electron chi connectivity index (χ3n) is 10.1. The highest BCUT2D eigenvalue weighted by molar-refractivity contribution is 5.82. The van der Waals surface area contributed by atoms with Crippen LogP contribution in [0.1, 0.15) is 35.8 Å². The average molecular weight is 735 g/mol. The van der Waals surface area contributed by atoms with Crippen LogP contribution in [0.25, 0.3) is 0 Å². The predicted molar refractivity (Wildman–Crippen MR) is 222 cm³/mol. The minimum Gasteiger partial charge on any atom is -0.482 e. The van der Waals surface area contributed by atoms with Crippen LogP contribution in [-0.2, 0) is 4.79 Å². The monoisotopic (exact) mass is 734 g/mol. The Balaban J connectivity index is 1.10. The first-order chi connectivity index (χ1) is 27.6. The van der Waals surface area contributed by atoms with E-state index in [4.69, 9.17) is 18.9 Å². The zero-order chi connectivity index (χ0) is 38.0. The number of carbonyl (C=O) groups is 1. The topological polar surface area (TPSA) is 54.0 Å². The molecular weight excluding hydrogens is 693 g/mol. The van der Waals surface area contributed by atoms with Gasteiger partial charge in [-0.15, -0.1) is 0 Å². The SMILES string of the molecule is O=C(CC1(Oc2ccc(Oc3ccccc3)cc2)C=CC=CC1c1ccccc1)CC1(Oc2ccc(Oc3ccccc3)cc2)C=CC=CC1c1ccccc1. The molecule has 0 N–H and O–H groups in total. The number of hydrogen-bond acceptors (Lipinski definition) is 5. The lowest BCUT2D eigenvalue weighted by Crippen LogP contribution is -2.47. The molecule has 0 amide bonds. The Hall–Kier alpha value is -6.85. The number of ether oxygens (including phenoxy) is 4. The van der Waals surface area contributed by atoms with E-state index in [0.717, 1.165) is 22.6 Å². The summed E-state index contributed by atoms with van der Waals surface area (Å²) in [6.45, 7) is 0. The van der Waals surface area contributed by atoms with Crippen molar-refractivity contribution in [3.05, 3.63) is 230 Å². The predicted octanol–water partition coefficient (Wildman–Crippen LogP) is 12.4. The summed E-state index contributed by atoms with van der Waals surface area (Å²) in [6, 6.07) is 54.9.